The minimum atomic E-state index is -0.874. The summed E-state index contributed by atoms with van der Waals surface area (Å²) in [6.07, 6.45) is -0.0578. The number of carboxylic acid groups (broad SMARTS) is 1. The van der Waals surface area contributed by atoms with Gasteiger partial charge in [-0.3, -0.25) is 4.79 Å². The van der Waals surface area contributed by atoms with Gasteiger partial charge in [-0.05, 0) is 23.8 Å². The van der Waals surface area contributed by atoms with Gasteiger partial charge in [-0.25, -0.2) is 4.98 Å². The molecule has 6 heteroatoms. The van der Waals surface area contributed by atoms with Crippen LogP contribution in [0.4, 0.5) is 0 Å². The number of benzene rings is 2. The zero-order chi connectivity index (χ0) is 16.9. The van der Waals surface area contributed by atoms with E-state index in [9.17, 15) is 4.79 Å². The molecule has 0 aliphatic heterocycles. The van der Waals surface area contributed by atoms with Gasteiger partial charge >= 0.3 is 5.97 Å². The summed E-state index contributed by atoms with van der Waals surface area (Å²) in [5.41, 5.74) is 2.96. The lowest BCUT2D eigenvalue weighted by atomic mass is 10.2. The van der Waals surface area contributed by atoms with E-state index in [4.69, 9.17) is 16.7 Å². The standard InChI is InChI=1S/C18H14ClNO2S2/c19-13-6-7-16(23-10-12-4-2-1-3-5-12)14(8-13)15-11-24-17(20-15)9-18(21)22/h1-8,11H,9-10H2,(H,21,22). The summed E-state index contributed by atoms with van der Waals surface area (Å²) in [5, 5.41) is 12.0. The van der Waals surface area contributed by atoms with Crippen LogP contribution in [0.2, 0.25) is 5.02 Å². The normalized spacial score (nSPS) is 10.7. The van der Waals surface area contributed by atoms with Crippen molar-refractivity contribution < 1.29 is 9.90 Å². The summed E-state index contributed by atoms with van der Waals surface area (Å²) in [5.74, 6) is -0.0256. The van der Waals surface area contributed by atoms with Gasteiger partial charge in [0.2, 0.25) is 0 Å². The molecule has 0 unspecified atom stereocenters. The van der Waals surface area contributed by atoms with Crippen molar-refractivity contribution >= 4 is 40.7 Å². The number of rotatable bonds is 6. The van der Waals surface area contributed by atoms with Crippen molar-refractivity contribution in [3.8, 4) is 11.3 Å². The highest BCUT2D eigenvalue weighted by atomic mass is 35.5. The van der Waals surface area contributed by atoms with Crippen LogP contribution < -0.4 is 0 Å². The molecule has 24 heavy (non-hydrogen) atoms. The van der Waals surface area contributed by atoms with E-state index in [0.29, 0.717) is 10.0 Å². The molecule has 3 nitrogen and oxygen atoms in total. The number of thiazole rings is 1. The Balaban J connectivity index is 1.85. The van der Waals surface area contributed by atoms with Gasteiger partial charge in [0.15, 0.2) is 0 Å². The monoisotopic (exact) mass is 375 g/mol. The van der Waals surface area contributed by atoms with Gasteiger partial charge in [0.1, 0.15) is 5.01 Å². The van der Waals surface area contributed by atoms with Crippen molar-refractivity contribution in [3.63, 3.8) is 0 Å². The molecule has 3 rings (SSSR count). The average molecular weight is 376 g/mol. The van der Waals surface area contributed by atoms with Gasteiger partial charge < -0.3 is 5.11 Å². The van der Waals surface area contributed by atoms with E-state index >= 15 is 0 Å². The zero-order valence-electron chi connectivity index (χ0n) is 12.6. The third kappa shape index (κ3) is 4.38. The summed E-state index contributed by atoms with van der Waals surface area (Å²) in [6, 6.07) is 16.0. The van der Waals surface area contributed by atoms with Crippen molar-refractivity contribution in [1.29, 1.82) is 0 Å². The topological polar surface area (TPSA) is 50.2 Å². The quantitative estimate of drug-likeness (QED) is 0.587. The minimum Gasteiger partial charge on any atom is -0.481 e. The summed E-state index contributed by atoms with van der Waals surface area (Å²) in [6.45, 7) is 0. The molecule has 0 amide bonds. The molecule has 0 radical (unpaired) electrons. The maximum atomic E-state index is 10.8. The van der Waals surface area contributed by atoms with E-state index in [-0.39, 0.29) is 6.42 Å². The van der Waals surface area contributed by atoms with Crippen LogP contribution in [-0.4, -0.2) is 16.1 Å². The van der Waals surface area contributed by atoms with Crippen molar-refractivity contribution in [2.45, 2.75) is 17.1 Å². The Morgan fingerprint density at radius 3 is 2.75 bits per heavy atom. The Kier molecular flexibility index (Phi) is 5.56. The molecular formula is C18H14ClNO2S2. The number of carbonyl (C=O) groups is 1. The lowest BCUT2D eigenvalue weighted by Gasteiger charge is -2.08. The molecule has 3 aromatic rings. The van der Waals surface area contributed by atoms with Crippen LogP contribution in [-0.2, 0) is 17.0 Å². The van der Waals surface area contributed by atoms with E-state index < -0.39 is 5.97 Å². The van der Waals surface area contributed by atoms with Gasteiger partial charge in [0, 0.05) is 26.6 Å². The number of carboxylic acids is 1. The lowest BCUT2D eigenvalue weighted by molar-refractivity contribution is -0.136. The molecule has 1 heterocycles. The fraction of sp³-hybridized carbons (Fsp3) is 0.111. The number of hydrogen-bond donors (Lipinski definition) is 1. The lowest BCUT2D eigenvalue weighted by Crippen LogP contribution is -1.99. The molecule has 0 aliphatic rings. The zero-order valence-corrected chi connectivity index (χ0v) is 15.0. The molecule has 0 atom stereocenters. The van der Waals surface area contributed by atoms with Gasteiger partial charge in [-0.15, -0.1) is 23.1 Å². The van der Waals surface area contributed by atoms with Gasteiger partial charge in [0.25, 0.3) is 0 Å². The summed E-state index contributed by atoms with van der Waals surface area (Å²) >= 11 is 9.22. The third-order valence-electron chi connectivity index (χ3n) is 3.31. The first kappa shape index (κ1) is 17.0. The molecule has 0 spiro atoms. The van der Waals surface area contributed by atoms with Gasteiger partial charge in [-0.2, -0.15) is 0 Å². The van der Waals surface area contributed by atoms with Gasteiger partial charge in [-0.1, -0.05) is 41.9 Å². The van der Waals surface area contributed by atoms with E-state index in [1.807, 2.05) is 41.8 Å². The van der Waals surface area contributed by atoms with Crippen molar-refractivity contribution in [2.75, 3.05) is 0 Å². The van der Waals surface area contributed by atoms with Crippen molar-refractivity contribution in [1.82, 2.24) is 4.98 Å². The minimum absolute atomic E-state index is 0.0578. The Bertz CT molecular complexity index is 849. The fourth-order valence-corrected chi connectivity index (χ4v) is 4.16. The highest BCUT2D eigenvalue weighted by Gasteiger charge is 2.12. The number of thioether (sulfide) groups is 1. The van der Waals surface area contributed by atoms with E-state index in [0.717, 1.165) is 21.9 Å². The molecule has 1 N–H and O–H groups in total. The molecule has 0 aliphatic carbocycles. The molecular weight excluding hydrogens is 362 g/mol. The van der Waals surface area contributed by atoms with E-state index in [1.165, 1.54) is 16.9 Å². The van der Waals surface area contributed by atoms with Crippen LogP contribution in [0.3, 0.4) is 0 Å². The second kappa shape index (κ2) is 7.83. The van der Waals surface area contributed by atoms with Crippen molar-refractivity contribution in [3.05, 3.63) is 69.5 Å². The first-order valence-electron chi connectivity index (χ1n) is 7.24. The van der Waals surface area contributed by atoms with Crippen LogP contribution in [0, 0.1) is 0 Å². The van der Waals surface area contributed by atoms with E-state index in [1.54, 1.807) is 11.8 Å². The number of aliphatic carboxylic acids is 1. The van der Waals surface area contributed by atoms with Crippen LogP contribution in [0.15, 0.2) is 58.8 Å². The maximum absolute atomic E-state index is 10.8. The Labute approximate surface area is 153 Å². The first-order chi connectivity index (χ1) is 11.6. The second-order valence-corrected chi connectivity index (χ2v) is 7.51. The largest absolute Gasteiger partial charge is 0.481 e. The number of aromatic nitrogens is 1. The number of hydrogen-bond acceptors (Lipinski definition) is 4. The molecule has 2 aromatic carbocycles. The molecule has 0 bridgehead atoms. The average Bonchev–Trinajstić information content (AvgIpc) is 3.02. The van der Waals surface area contributed by atoms with Crippen LogP contribution in [0.25, 0.3) is 11.3 Å². The summed E-state index contributed by atoms with van der Waals surface area (Å²) in [4.78, 5) is 16.4. The molecule has 0 saturated carbocycles. The number of halogens is 1. The smallest absolute Gasteiger partial charge is 0.310 e. The molecule has 1 aromatic heterocycles. The van der Waals surface area contributed by atoms with Crippen LogP contribution in [0.1, 0.15) is 10.6 Å². The Hall–Kier alpha value is -1.82. The predicted octanol–water partition coefficient (Wildman–Crippen LogP) is 5.38. The maximum Gasteiger partial charge on any atom is 0.310 e. The van der Waals surface area contributed by atoms with Crippen LogP contribution in [0.5, 0.6) is 0 Å². The highest BCUT2D eigenvalue weighted by molar-refractivity contribution is 7.98. The SMILES string of the molecule is O=C(O)Cc1nc(-c2cc(Cl)ccc2SCc2ccccc2)cs1. The third-order valence-corrected chi connectivity index (χ3v) is 5.54. The van der Waals surface area contributed by atoms with Crippen LogP contribution >= 0.6 is 34.7 Å². The number of nitrogens with zero attached hydrogens (tertiary/aromatic N) is 1. The van der Waals surface area contributed by atoms with Crippen molar-refractivity contribution in [2.24, 2.45) is 0 Å². The second-order valence-electron chi connectivity index (χ2n) is 5.11. The fourth-order valence-electron chi connectivity index (χ4n) is 2.21. The predicted molar refractivity (Wildman–Crippen MR) is 99.9 cm³/mol. The molecule has 0 saturated heterocycles. The molecule has 0 fully saturated rings. The Morgan fingerprint density at radius 1 is 1.21 bits per heavy atom. The Morgan fingerprint density at radius 2 is 2.00 bits per heavy atom. The van der Waals surface area contributed by atoms with E-state index in [2.05, 4.69) is 17.1 Å². The molecule has 122 valence electrons. The van der Waals surface area contributed by atoms with Gasteiger partial charge in [0.05, 0.1) is 12.1 Å². The summed E-state index contributed by atoms with van der Waals surface area (Å²) < 4.78 is 0. The highest BCUT2D eigenvalue weighted by Crippen LogP contribution is 2.35. The summed E-state index contributed by atoms with van der Waals surface area (Å²) in [7, 11) is 0. The first-order valence-corrected chi connectivity index (χ1v) is 9.49.